The number of halogens is 2. The molecular weight excluding hydrogens is 282 g/mol. The van der Waals surface area contributed by atoms with E-state index in [1.165, 1.54) is 36.1 Å². The van der Waals surface area contributed by atoms with Gasteiger partial charge >= 0.3 is 0 Å². The molecule has 1 N–H and O–H groups in total. The van der Waals surface area contributed by atoms with E-state index in [2.05, 4.69) is 10.4 Å². The van der Waals surface area contributed by atoms with Crippen LogP contribution < -0.4 is 10.9 Å². The number of alkyl halides is 2. The molecule has 0 saturated heterocycles. The van der Waals surface area contributed by atoms with Crippen LogP contribution in [0.1, 0.15) is 29.4 Å². The number of pyridine rings is 1. The summed E-state index contributed by atoms with van der Waals surface area (Å²) >= 11 is 0. The highest BCUT2D eigenvalue weighted by atomic mass is 19.3. The maximum Gasteiger partial charge on any atom is 0.282 e. The molecule has 0 atom stereocenters. The molecule has 0 bridgehead atoms. The highest BCUT2D eigenvalue weighted by Gasteiger charge is 2.22. The van der Waals surface area contributed by atoms with E-state index in [9.17, 15) is 18.4 Å². The molecule has 112 valence electrons. The molecule has 2 aromatic heterocycles. The summed E-state index contributed by atoms with van der Waals surface area (Å²) in [5, 5.41) is 6.05. The molecule has 8 heteroatoms. The van der Waals surface area contributed by atoms with Gasteiger partial charge in [0.15, 0.2) is 0 Å². The number of carbonyl (C=O) groups excluding carboxylic acids is 1. The molecule has 21 heavy (non-hydrogen) atoms. The Labute approximate surface area is 119 Å². The van der Waals surface area contributed by atoms with Crippen LogP contribution in [0.25, 0.3) is 0 Å². The van der Waals surface area contributed by atoms with Crippen molar-refractivity contribution in [1.29, 1.82) is 0 Å². The number of nitrogens with zero attached hydrogens (tertiary/aromatic N) is 3. The van der Waals surface area contributed by atoms with E-state index in [0.29, 0.717) is 12.2 Å². The van der Waals surface area contributed by atoms with Crippen LogP contribution in [-0.4, -0.2) is 20.3 Å². The zero-order valence-corrected chi connectivity index (χ0v) is 11.5. The van der Waals surface area contributed by atoms with Gasteiger partial charge in [0.25, 0.3) is 17.9 Å². The molecule has 0 aliphatic heterocycles. The highest BCUT2D eigenvalue weighted by molar-refractivity contribution is 6.04. The summed E-state index contributed by atoms with van der Waals surface area (Å²) in [5.74, 6) is -0.695. The molecule has 1 amide bonds. The number of rotatable bonds is 4. The fourth-order valence-electron chi connectivity index (χ4n) is 1.89. The Morgan fingerprint density at radius 3 is 2.71 bits per heavy atom. The van der Waals surface area contributed by atoms with Crippen molar-refractivity contribution >= 4 is 11.6 Å². The van der Waals surface area contributed by atoms with E-state index in [-0.39, 0.29) is 11.1 Å². The van der Waals surface area contributed by atoms with Gasteiger partial charge in [0.1, 0.15) is 5.69 Å². The lowest BCUT2D eigenvalue weighted by molar-refractivity contribution is 0.101. The second-order valence-electron chi connectivity index (χ2n) is 4.40. The zero-order chi connectivity index (χ0) is 15.6. The molecular formula is C13H14F2N4O2. The highest BCUT2D eigenvalue weighted by Crippen LogP contribution is 2.21. The summed E-state index contributed by atoms with van der Waals surface area (Å²) in [6.07, 6.45) is -0.151. The van der Waals surface area contributed by atoms with Crippen molar-refractivity contribution < 1.29 is 13.6 Å². The molecule has 6 nitrogen and oxygen atoms in total. The SMILES string of the molecule is CCn1cc(NC(=O)c2cn(C)nc2C(F)F)ccc1=O. The van der Waals surface area contributed by atoms with Crippen LogP contribution in [0.3, 0.4) is 0 Å². The molecule has 0 aliphatic carbocycles. The van der Waals surface area contributed by atoms with Crippen LogP contribution in [0, 0.1) is 0 Å². The van der Waals surface area contributed by atoms with Crippen LogP contribution >= 0.6 is 0 Å². The van der Waals surface area contributed by atoms with E-state index in [4.69, 9.17) is 0 Å². The minimum absolute atomic E-state index is 0.193. The van der Waals surface area contributed by atoms with E-state index < -0.39 is 18.0 Å². The van der Waals surface area contributed by atoms with Gasteiger partial charge in [0.05, 0.1) is 11.3 Å². The lowest BCUT2D eigenvalue weighted by Gasteiger charge is -2.07. The number of anilines is 1. The number of aromatic nitrogens is 3. The predicted molar refractivity (Wildman–Crippen MR) is 72.5 cm³/mol. The first kappa shape index (κ1) is 14.9. The first-order chi connectivity index (χ1) is 9.92. The Hall–Kier alpha value is -2.51. The van der Waals surface area contributed by atoms with Crippen LogP contribution in [0.15, 0.2) is 29.3 Å². The average molecular weight is 296 g/mol. The van der Waals surface area contributed by atoms with Gasteiger partial charge in [0, 0.05) is 32.1 Å². The molecule has 2 heterocycles. The number of carbonyl (C=O) groups is 1. The fraction of sp³-hybridized carbons (Fsp3) is 0.308. The zero-order valence-electron chi connectivity index (χ0n) is 11.5. The van der Waals surface area contributed by atoms with Gasteiger partial charge in [-0.25, -0.2) is 8.78 Å². The first-order valence-corrected chi connectivity index (χ1v) is 6.26. The van der Waals surface area contributed by atoms with Crippen molar-refractivity contribution in [3.05, 3.63) is 46.1 Å². The fourth-order valence-corrected chi connectivity index (χ4v) is 1.89. The Kier molecular flexibility index (Phi) is 4.15. The van der Waals surface area contributed by atoms with E-state index in [0.717, 1.165) is 4.68 Å². The molecule has 0 spiro atoms. The normalized spacial score (nSPS) is 10.9. The number of aryl methyl sites for hydroxylation is 2. The topological polar surface area (TPSA) is 68.9 Å². The molecule has 2 rings (SSSR count). The quantitative estimate of drug-likeness (QED) is 0.935. The number of hydrogen-bond donors (Lipinski definition) is 1. The van der Waals surface area contributed by atoms with Crippen molar-refractivity contribution in [2.75, 3.05) is 5.32 Å². The molecule has 0 unspecified atom stereocenters. The van der Waals surface area contributed by atoms with Gasteiger partial charge in [-0.15, -0.1) is 0 Å². The summed E-state index contributed by atoms with van der Waals surface area (Å²) in [6, 6.07) is 2.72. The third-order valence-corrected chi connectivity index (χ3v) is 2.89. The smallest absolute Gasteiger partial charge is 0.282 e. The van der Waals surface area contributed by atoms with Crippen LogP contribution in [0.4, 0.5) is 14.5 Å². The maximum atomic E-state index is 12.8. The largest absolute Gasteiger partial charge is 0.321 e. The third-order valence-electron chi connectivity index (χ3n) is 2.89. The van der Waals surface area contributed by atoms with Crippen molar-refractivity contribution in [3.8, 4) is 0 Å². The second kappa shape index (κ2) is 5.86. The number of amides is 1. The minimum Gasteiger partial charge on any atom is -0.321 e. The number of hydrogen-bond acceptors (Lipinski definition) is 3. The molecule has 0 aliphatic rings. The van der Waals surface area contributed by atoms with Crippen molar-refractivity contribution in [3.63, 3.8) is 0 Å². The molecule has 2 aromatic rings. The predicted octanol–water partition coefficient (Wildman–Crippen LogP) is 1.79. The Morgan fingerprint density at radius 2 is 2.10 bits per heavy atom. The van der Waals surface area contributed by atoms with Gasteiger partial charge < -0.3 is 9.88 Å². The average Bonchev–Trinajstić information content (AvgIpc) is 2.83. The van der Waals surface area contributed by atoms with Gasteiger partial charge in [-0.2, -0.15) is 5.10 Å². The third kappa shape index (κ3) is 3.15. The van der Waals surface area contributed by atoms with Crippen LogP contribution in [0.2, 0.25) is 0 Å². The number of nitrogens with one attached hydrogen (secondary N) is 1. The first-order valence-electron chi connectivity index (χ1n) is 6.26. The summed E-state index contributed by atoms with van der Waals surface area (Å²) in [4.78, 5) is 23.5. The molecule has 0 radical (unpaired) electrons. The summed E-state index contributed by atoms with van der Waals surface area (Å²) in [6.45, 7) is 2.22. The molecule has 0 fully saturated rings. The van der Waals surface area contributed by atoms with Gasteiger partial charge in [-0.05, 0) is 13.0 Å². The van der Waals surface area contributed by atoms with E-state index in [1.54, 1.807) is 6.92 Å². The lowest BCUT2D eigenvalue weighted by Crippen LogP contribution is -2.20. The Balaban J connectivity index is 2.28. The van der Waals surface area contributed by atoms with Crippen LogP contribution in [-0.2, 0) is 13.6 Å². The van der Waals surface area contributed by atoms with Crippen LogP contribution in [0.5, 0.6) is 0 Å². The summed E-state index contributed by atoms with van der Waals surface area (Å²) < 4.78 is 28.2. The van der Waals surface area contributed by atoms with Crippen molar-refractivity contribution in [2.45, 2.75) is 19.9 Å². The molecule has 0 aromatic carbocycles. The van der Waals surface area contributed by atoms with Gasteiger partial charge in [0.2, 0.25) is 0 Å². The summed E-state index contributed by atoms with van der Waals surface area (Å²) in [7, 11) is 1.46. The Morgan fingerprint density at radius 1 is 1.38 bits per heavy atom. The van der Waals surface area contributed by atoms with E-state index in [1.807, 2.05) is 0 Å². The summed E-state index contributed by atoms with van der Waals surface area (Å²) in [5.41, 5.74) is -0.615. The Bertz CT molecular complexity index is 721. The van der Waals surface area contributed by atoms with E-state index >= 15 is 0 Å². The lowest BCUT2D eigenvalue weighted by atomic mass is 10.2. The molecule has 0 saturated carbocycles. The van der Waals surface area contributed by atoms with Crippen molar-refractivity contribution in [1.82, 2.24) is 14.3 Å². The standard InChI is InChI=1S/C13H14F2N4O2/c1-3-19-6-8(4-5-10(19)20)16-13(21)9-7-18(2)17-11(9)12(14)15/h4-7,12H,3H2,1-2H3,(H,16,21). The minimum atomic E-state index is -2.84. The van der Waals surface area contributed by atoms with Gasteiger partial charge in [-0.1, -0.05) is 0 Å². The monoisotopic (exact) mass is 296 g/mol. The second-order valence-corrected chi connectivity index (χ2v) is 4.40. The van der Waals surface area contributed by atoms with Crippen molar-refractivity contribution in [2.24, 2.45) is 7.05 Å². The maximum absolute atomic E-state index is 12.8. The van der Waals surface area contributed by atoms with Gasteiger partial charge in [-0.3, -0.25) is 14.3 Å².